The normalized spacial score (nSPS) is 10.1. The summed E-state index contributed by atoms with van der Waals surface area (Å²) in [5.41, 5.74) is 2.04. The van der Waals surface area contributed by atoms with Gasteiger partial charge >= 0.3 is 6.03 Å². The van der Waals surface area contributed by atoms with Crippen molar-refractivity contribution in [3.63, 3.8) is 0 Å². The number of anilines is 1. The molecule has 3 nitrogen and oxygen atoms in total. The van der Waals surface area contributed by atoms with E-state index in [1.165, 1.54) is 5.56 Å². The number of urea groups is 1. The van der Waals surface area contributed by atoms with Gasteiger partial charge in [-0.3, -0.25) is 0 Å². The second kappa shape index (κ2) is 4.23. The van der Waals surface area contributed by atoms with E-state index in [9.17, 15) is 4.79 Å². The average molecular weight is 214 g/mol. The van der Waals surface area contributed by atoms with Crippen LogP contribution in [0.2, 0.25) is 0 Å². The number of rotatable bonds is 1. The minimum absolute atomic E-state index is 0.200. The molecule has 0 aliphatic rings. The number of carbonyl (C=O) groups is 1. The summed E-state index contributed by atoms with van der Waals surface area (Å²) in [5, 5.41) is 7.58. The molecule has 2 rings (SSSR count). The maximum absolute atomic E-state index is 11.3. The van der Waals surface area contributed by atoms with Crippen molar-refractivity contribution in [3.05, 3.63) is 42.0 Å². The fourth-order valence-electron chi connectivity index (χ4n) is 1.74. The van der Waals surface area contributed by atoms with Crippen LogP contribution in [0.1, 0.15) is 5.56 Å². The van der Waals surface area contributed by atoms with Gasteiger partial charge in [0, 0.05) is 12.4 Å². The standard InChI is InChI=1S/C13H14N2O/c1-9-7-8-12(15-13(16)14-2)11-6-4-3-5-10(9)11/h3-8H,1-2H3,(H2,14,15,16). The van der Waals surface area contributed by atoms with Crippen molar-refractivity contribution in [1.82, 2.24) is 5.32 Å². The van der Waals surface area contributed by atoms with E-state index >= 15 is 0 Å². The van der Waals surface area contributed by atoms with E-state index in [1.54, 1.807) is 7.05 Å². The van der Waals surface area contributed by atoms with Crippen molar-refractivity contribution in [2.75, 3.05) is 12.4 Å². The van der Waals surface area contributed by atoms with Crippen molar-refractivity contribution in [2.24, 2.45) is 0 Å². The third-order valence-corrected chi connectivity index (χ3v) is 2.62. The summed E-state index contributed by atoms with van der Waals surface area (Å²) in [7, 11) is 1.60. The molecule has 0 fully saturated rings. The van der Waals surface area contributed by atoms with Gasteiger partial charge in [0.05, 0.1) is 5.69 Å². The van der Waals surface area contributed by atoms with Gasteiger partial charge in [-0.05, 0) is 23.9 Å². The molecular weight excluding hydrogens is 200 g/mol. The number of aryl methyl sites for hydroxylation is 1. The number of fused-ring (bicyclic) bond motifs is 1. The van der Waals surface area contributed by atoms with Gasteiger partial charge in [-0.25, -0.2) is 4.79 Å². The number of benzene rings is 2. The van der Waals surface area contributed by atoms with Crippen LogP contribution in [0.15, 0.2) is 36.4 Å². The number of hydrogen-bond acceptors (Lipinski definition) is 1. The monoisotopic (exact) mass is 214 g/mol. The lowest BCUT2D eigenvalue weighted by Crippen LogP contribution is -2.24. The van der Waals surface area contributed by atoms with Gasteiger partial charge in [-0.15, -0.1) is 0 Å². The maximum Gasteiger partial charge on any atom is 0.318 e. The van der Waals surface area contributed by atoms with Gasteiger partial charge in [0.1, 0.15) is 0 Å². The van der Waals surface area contributed by atoms with E-state index in [2.05, 4.69) is 23.6 Å². The molecule has 0 aromatic heterocycles. The Labute approximate surface area is 94.5 Å². The molecule has 0 heterocycles. The number of nitrogens with one attached hydrogen (secondary N) is 2. The topological polar surface area (TPSA) is 41.1 Å². The Morgan fingerprint density at radius 1 is 1.06 bits per heavy atom. The van der Waals surface area contributed by atoms with Crippen LogP contribution in [-0.2, 0) is 0 Å². The van der Waals surface area contributed by atoms with Crippen molar-refractivity contribution in [3.8, 4) is 0 Å². The molecule has 0 spiro atoms. The second-order valence-corrected chi connectivity index (χ2v) is 3.68. The average Bonchev–Trinajstić information content (AvgIpc) is 2.33. The molecule has 16 heavy (non-hydrogen) atoms. The SMILES string of the molecule is CNC(=O)Nc1ccc(C)c2ccccc12. The van der Waals surface area contributed by atoms with Crippen molar-refractivity contribution in [2.45, 2.75) is 6.92 Å². The largest absolute Gasteiger partial charge is 0.341 e. The minimum atomic E-state index is -0.200. The predicted molar refractivity (Wildman–Crippen MR) is 66.8 cm³/mol. The molecule has 0 atom stereocenters. The zero-order chi connectivity index (χ0) is 11.5. The summed E-state index contributed by atoms with van der Waals surface area (Å²) in [6.07, 6.45) is 0. The summed E-state index contributed by atoms with van der Waals surface area (Å²) in [6.45, 7) is 2.06. The summed E-state index contributed by atoms with van der Waals surface area (Å²) in [5.74, 6) is 0. The van der Waals surface area contributed by atoms with Gasteiger partial charge in [-0.1, -0.05) is 30.3 Å². The van der Waals surface area contributed by atoms with Crippen molar-refractivity contribution >= 4 is 22.5 Å². The Hall–Kier alpha value is -2.03. The van der Waals surface area contributed by atoms with Crippen molar-refractivity contribution in [1.29, 1.82) is 0 Å². The van der Waals surface area contributed by atoms with E-state index in [0.717, 1.165) is 16.5 Å². The third kappa shape index (κ3) is 1.84. The molecule has 82 valence electrons. The zero-order valence-electron chi connectivity index (χ0n) is 9.37. The molecule has 0 aliphatic heterocycles. The fourth-order valence-corrected chi connectivity index (χ4v) is 1.74. The first-order chi connectivity index (χ1) is 7.72. The van der Waals surface area contributed by atoms with Gasteiger partial charge in [0.25, 0.3) is 0 Å². The fraction of sp³-hybridized carbons (Fsp3) is 0.154. The van der Waals surface area contributed by atoms with Crippen molar-refractivity contribution < 1.29 is 4.79 Å². The number of amides is 2. The maximum atomic E-state index is 11.3. The Bertz CT molecular complexity index is 534. The van der Waals surface area contributed by atoms with Crippen LogP contribution in [-0.4, -0.2) is 13.1 Å². The van der Waals surface area contributed by atoms with Gasteiger partial charge < -0.3 is 10.6 Å². The quantitative estimate of drug-likeness (QED) is 0.753. The Morgan fingerprint density at radius 2 is 1.75 bits per heavy atom. The highest BCUT2D eigenvalue weighted by Gasteiger charge is 2.04. The van der Waals surface area contributed by atoms with E-state index in [-0.39, 0.29) is 6.03 Å². The van der Waals surface area contributed by atoms with Gasteiger partial charge in [-0.2, -0.15) is 0 Å². The molecule has 0 bridgehead atoms. The second-order valence-electron chi connectivity index (χ2n) is 3.68. The Balaban J connectivity index is 2.54. The van der Waals surface area contributed by atoms with Crippen LogP contribution >= 0.6 is 0 Å². The summed E-state index contributed by atoms with van der Waals surface area (Å²) < 4.78 is 0. The van der Waals surface area contributed by atoms with Gasteiger partial charge in [0.15, 0.2) is 0 Å². The summed E-state index contributed by atoms with van der Waals surface area (Å²) >= 11 is 0. The molecule has 0 saturated carbocycles. The Kier molecular flexibility index (Phi) is 2.77. The molecule has 0 aliphatic carbocycles. The highest BCUT2D eigenvalue weighted by Crippen LogP contribution is 2.25. The van der Waals surface area contributed by atoms with Crippen LogP contribution in [0.4, 0.5) is 10.5 Å². The van der Waals surface area contributed by atoms with Crippen LogP contribution in [0.3, 0.4) is 0 Å². The van der Waals surface area contributed by atoms with Gasteiger partial charge in [0.2, 0.25) is 0 Å². The molecule has 2 amide bonds. The highest BCUT2D eigenvalue weighted by molar-refractivity contribution is 6.02. The first-order valence-corrected chi connectivity index (χ1v) is 5.19. The molecule has 2 N–H and O–H groups in total. The van der Waals surface area contributed by atoms with E-state index in [0.29, 0.717) is 0 Å². The minimum Gasteiger partial charge on any atom is -0.341 e. The molecule has 2 aromatic rings. The number of hydrogen-bond donors (Lipinski definition) is 2. The molecule has 0 radical (unpaired) electrons. The highest BCUT2D eigenvalue weighted by atomic mass is 16.2. The predicted octanol–water partition coefficient (Wildman–Crippen LogP) is 2.90. The third-order valence-electron chi connectivity index (χ3n) is 2.62. The lowest BCUT2D eigenvalue weighted by atomic mass is 10.0. The van der Waals surface area contributed by atoms with Crippen LogP contribution in [0.25, 0.3) is 10.8 Å². The van der Waals surface area contributed by atoms with Crippen LogP contribution in [0.5, 0.6) is 0 Å². The smallest absolute Gasteiger partial charge is 0.318 e. The summed E-state index contributed by atoms with van der Waals surface area (Å²) in [4.78, 5) is 11.3. The molecular formula is C13H14N2O. The molecule has 0 saturated heterocycles. The first-order valence-electron chi connectivity index (χ1n) is 5.19. The summed E-state index contributed by atoms with van der Waals surface area (Å²) in [6, 6.07) is 11.8. The zero-order valence-corrected chi connectivity index (χ0v) is 9.37. The lowest BCUT2D eigenvalue weighted by Gasteiger charge is -2.09. The number of carbonyl (C=O) groups excluding carboxylic acids is 1. The van der Waals surface area contributed by atoms with E-state index < -0.39 is 0 Å². The van der Waals surface area contributed by atoms with Crippen LogP contribution < -0.4 is 10.6 Å². The molecule has 0 unspecified atom stereocenters. The van der Waals surface area contributed by atoms with E-state index in [1.807, 2.05) is 30.3 Å². The van der Waals surface area contributed by atoms with Crippen LogP contribution in [0, 0.1) is 6.92 Å². The first kappa shape index (κ1) is 10.5. The lowest BCUT2D eigenvalue weighted by molar-refractivity contribution is 0.254. The molecule has 3 heteroatoms. The van der Waals surface area contributed by atoms with E-state index in [4.69, 9.17) is 0 Å². The molecule has 2 aromatic carbocycles. The Morgan fingerprint density at radius 3 is 2.44 bits per heavy atom.